The second-order valence-electron chi connectivity index (χ2n) is 17.8. The van der Waals surface area contributed by atoms with E-state index in [1.807, 2.05) is 38.2 Å². The van der Waals surface area contributed by atoms with Crippen LogP contribution in [0.2, 0.25) is 0 Å². The van der Waals surface area contributed by atoms with E-state index in [-0.39, 0.29) is 66.1 Å². The summed E-state index contributed by atoms with van der Waals surface area (Å²) in [4.78, 5) is 47.7. The molecule has 1 amide bonds. The number of rotatable bonds is 31. The Kier molecular flexibility index (Phi) is 26.7. The van der Waals surface area contributed by atoms with Gasteiger partial charge in [0.1, 0.15) is 18.0 Å². The highest BCUT2D eigenvalue weighted by Crippen LogP contribution is 2.32. The standard InChI is InChI=1S/C49H81NO9/c1-35(15-11-9-12-16-37(3)48(57-8)31-44-24-19-38(4)49(59-44)45(53)17-13-10-14-28-50-33-51)29-39(5)46(54)32-47(55)40(6)30-36(2)18-23-43(58-34-52)27-22-41-20-25-42(56-7)26-21-41/h9,11-12,15-16,30,33-36,38-39,41-44,47-49,55H,10,13-14,17-29,31-32H2,1-8H3,(H,50,51)/b12-9+,15-11+,37-16+,40-30+/t35?,36?,38-,39?,41?,42?,43?,44?,47?,48?,49?/m1/s1. The first-order chi connectivity index (χ1) is 28.3. The Labute approximate surface area is 357 Å². The number of ketones is 2. The van der Waals surface area contributed by atoms with Crippen LogP contribution in [0.4, 0.5) is 0 Å². The molecule has 0 aromatic heterocycles. The minimum absolute atomic E-state index is 0.0375. The molecule has 0 aromatic rings. The van der Waals surface area contributed by atoms with Crippen molar-refractivity contribution in [2.24, 2.45) is 29.6 Å². The van der Waals surface area contributed by atoms with E-state index in [9.17, 15) is 24.3 Å². The van der Waals surface area contributed by atoms with Gasteiger partial charge in [-0.3, -0.25) is 19.2 Å². The maximum absolute atomic E-state index is 13.1. The first-order valence-corrected chi connectivity index (χ1v) is 22.7. The minimum Gasteiger partial charge on any atom is -0.465 e. The van der Waals surface area contributed by atoms with Crippen LogP contribution in [0.25, 0.3) is 0 Å². The fourth-order valence-electron chi connectivity index (χ4n) is 8.67. The van der Waals surface area contributed by atoms with Crippen molar-refractivity contribution in [2.75, 3.05) is 20.8 Å². The number of ether oxygens (including phenoxy) is 4. The van der Waals surface area contributed by atoms with Crippen LogP contribution in [0, 0.1) is 29.6 Å². The van der Waals surface area contributed by atoms with E-state index < -0.39 is 6.10 Å². The summed E-state index contributed by atoms with van der Waals surface area (Å²) in [5.74, 6) is 1.30. The molecule has 10 heteroatoms. The molecule has 0 bridgehead atoms. The molecule has 10 nitrogen and oxygen atoms in total. The minimum atomic E-state index is -0.812. The molecule has 1 saturated carbocycles. The Morgan fingerprint density at radius 3 is 2.31 bits per heavy atom. The molecule has 2 rings (SSSR count). The van der Waals surface area contributed by atoms with Crippen LogP contribution in [-0.4, -0.2) is 86.9 Å². The summed E-state index contributed by atoms with van der Waals surface area (Å²) in [5, 5.41) is 13.6. The predicted molar refractivity (Wildman–Crippen MR) is 236 cm³/mol. The van der Waals surface area contributed by atoms with Gasteiger partial charge in [-0.05, 0) is 132 Å². The van der Waals surface area contributed by atoms with Crippen molar-refractivity contribution in [1.29, 1.82) is 0 Å². The van der Waals surface area contributed by atoms with Crippen molar-refractivity contribution in [3.63, 3.8) is 0 Å². The highest BCUT2D eigenvalue weighted by Gasteiger charge is 2.34. The molecule has 336 valence electrons. The lowest BCUT2D eigenvalue weighted by Gasteiger charge is -2.35. The van der Waals surface area contributed by atoms with Gasteiger partial charge in [-0.15, -0.1) is 0 Å². The van der Waals surface area contributed by atoms with Gasteiger partial charge in [-0.25, -0.2) is 0 Å². The number of nitrogens with one attached hydrogen (secondary N) is 1. The number of carbonyl (C=O) groups is 4. The largest absolute Gasteiger partial charge is 0.465 e. The zero-order valence-electron chi connectivity index (χ0n) is 37.9. The molecule has 9 atom stereocenters. The quantitative estimate of drug-likeness (QED) is 0.0303. The van der Waals surface area contributed by atoms with Crippen LogP contribution in [0.5, 0.6) is 0 Å². The molecule has 59 heavy (non-hydrogen) atoms. The molecule has 1 saturated heterocycles. The van der Waals surface area contributed by atoms with Gasteiger partial charge >= 0.3 is 0 Å². The van der Waals surface area contributed by atoms with Gasteiger partial charge in [-0.1, -0.05) is 70.6 Å². The van der Waals surface area contributed by atoms with Crippen LogP contribution in [0.15, 0.2) is 47.6 Å². The molecule has 1 aliphatic heterocycles. The Bertz CT molecular complexity index is 1330. The molecule has 2 N–H and O–H groups in total. The Hall–Kier alpha value is -2.92. The molecule has 1 heterocycles. The number of methoxy groups -OCH3 is 2. The van der Waals surface area contributed by atoms with Gasteiger partial charge in [0.15, 0.2) is 5.78 Å². The predicted octanol–water partition coefficient (Wildman–Crippen LogP) is 9.38. The van der Waals surface area contributed by atoms with Crippen LogP contribution in [0.3, 0.4) is 0 Å². The molecule has 1 aliphatic carbocycles. The maximum atomic E-state index is 13.1. The molecule has 0 aromatic carbocycles. The number of hydrogen-bond donors (Lipinski definition) is 2. The van der Waals surface area contributed by atoms with Crippen molar-refractivity contribution in [3.05, 3.63) is 47.6 Å². The maximum Gasteiger partial charge on any atom is 0.293 e. The van der Waals surface area contributed by atoms with Crippen molar-refractivity contribution in [1.82, 2.24) is 5.32 Å². The molecule has 0 radical (unpaired) electrons. The molecule has 2 fully saturated rings. The lowest BCUT2D eigenvalue weighted by Crippen LogP contribution is -2.41. The van der Waals surface area contributed by atoms with E-state index in [0.717, 1.165) is 81.8 Å². The highest BCUT2D eigenvalue weighted by molar-refractivity contribution is 5.83. The average Bonchev–Trinajstić information content (AvgIpc) is 3.22. The van der Waals surface area contributed by atoms with Crippen LogP contribution >= 0.6 is 0 Å². The Balaban J connectivity index is 1.75. The fourth-order valence-corrected chi connectivity index (χ4v) is 8.67. The van der Waals surface area contributed by atoms with Gasteiger partial charge in [0.05, 0.1) is 24.4 Å². The summed E-state index contributed by atoms with van der Waals surface area (Å²) in [6.07, 6.45) is 26.4. The number of aliphatic hydroxyl groups is 1. The first kappa shape index (κ1) is 52.2. The molecular formula is C49H81NO9. The smallest absolute Gasteiger partial charge is 0.293 e. The Morgan fingerprint density at radius 2 is 1.63 bits per heavy atom. The summed E-state index contributed by atoms with van der Waals surface area (Å²) in [7, 11) is 3.50. The van der Waals surface area contributed by atoms with Crippen LogP contribution in [0.1, 0.15) is 151 Å². The third kappa shape index (κ3) is 21.4. The molecule has 8 unspecified atom stereocenters. The number of carbonyl (C=O) groups excluding carboxylic acids is 4. The summed E-state index contributed by atoms with van der Waals surface area (Å²) < 4.78 is 23.1. The van der Waals surface area contributed by atoms with Crippen LogP contribution < -0.4 is 5.32 Å². The van der Waals surface area contributed by atoms with Crippen molar-refractivity contribution < 1.29 is 43.2 Å². The second kappa shape index (κ2) is 30.2. The summed E-state index contributed by atoms with van der Waals surface area (Å²) >= 11 is 0. The molecule has 0 spiro atoms. The number of aliphatic hydroxyl groups excluding tert-OH is 1. The van der Waals surface area contributed by atoms with Crippen molar-refractivity contribution in [3.8, 4) is 0 Å². The Morgan fingerprint density at radius 1 is 0.881 bits per heavy atom. The van der Waals surface area contributed by atoms with E-state index in [4.69, 9.17) is 18.9 Å². The lowest BCUT2D eigenvalue weighted by molar-refractivity contribution is -0.148. The summed E-state index contributed by atoms with van der Waals surface area (Å²) in [6, 6.07) is 0. The normalized spacial score (nSPS) is 24.9. The lowest BCUT2D eigenvalue weighted by atomic mass is 9.83. The molecular weight excluding hydrogens is 747 g/mol. The zero-order valence-corrected chi connectivity index (χ0v) is 37.9. The number of amides is 1. The van der Waals surface area contributed by atoms with E-state index in [1.165, 1.54) is 12.8 Å². The number of unbranched alkanes of at least 4 members (excludes halogenated alkanes) is 2. The van der Waals surface area contributed by atoms with E-state index in [1.54, 1.807) is 14.2 Å². The van der Waals surface area contributed by atoms with E-state index in [0.29, 0.717) is 50.7 Å². The zero-order chi connectivity index (χ0) is 43.6. The van der Waals surface area contributed by atoms with Gasteiger partial charge in [-0.2, -0.15) is 0 Å². The monoisotopic (exact) mass is 828 g/mol. The summed E-state index contributed by atoms with van der Waals surface area (Å²) in [6.45, 7) is 13.4. The van der Waals surface area contributed by atoms with E-state index in [2.05, 4.69) is 45.2 Å². The number of hydrogen-bond acceptors (Lipinski definition) is 9. The van der Waals surface area contributed by atoms with Gasteiger partial charge in [0.25, 0.3) is 6.47 Å². The SMILES string of the molecule is COC1CCC(CCC(CCC(C)/C=C(\C)C(O)CC(=O)C(C)CC(C)/C=C/C=C/C=C(\C)C(CC2CC[C@@H](C)C(C(=O)CCCCCNC=O)O2)OC)OC=O)CC1. The highest BCUT2D eigenvalue weighted by atomic mass is 16.5. The second-order valence-corrected chi connectivity index (χ2v) is 17.8. The average molecular weight is 828 g/mol. The van der Waals surface area contributed by atoms with Gasteiger partial charge in [0.2, 0.25) is 6.41 Å². The third-order valence-corrected chi connectivity index (χ3v) is 12.7. The molecule has 2 aliphatic rings. The van der Waals surface area contributed by atoms with Crippen molar-refractivity contribution >= 4 is 24.4 Å². The third-order valence-electron chi connectivity index (χ3n) is 12.7. The van der Waals surface area contributed by atoms with E-state index >= 15 is 0 Å². The fraction of sp³-hybridized carbons (Fsp3) is 0.755. The van der Waals surface area contributed by atoms with Crippen LogP contribution in [-0.2, 0) is 38.1 Å². The van der Waals surface area contributed by atoms with Gasteiger partial charge in [0, 0.05) is 45.9 Å². The van der Waals surface area contributed by atoms with Crippen molar-refractivity contribution in [2.45, 2.75) is 187 Å². The topological polar surface area (TPSA) is 137 Å². The first-order valence-electron chi connectivity index (χ1n) is 22.7. The summed E-state index contributed by atoms with van der Waals surface area (Å²) in [5.41, 5.74) is 1.89. The number of allylic oxidation sites excluding steroid dienone is 6. The number of Topliss-reactive ketones (excluding diaryl/α,β-unsaturated/α-hetero) is 2. The van der Waals surface area contributed by atoms with Gasteiger partial charge < -0.3 is 29.4 Å².